The van der Waals surface area contributed by atoms with E-state index < -0.39 is 0 Å². The minimum atomic E-state index is 0.495. The molecular weight excluding hydrogens is 500 g/mol. The van der Waals surface area contributed by atoms with Crippen molar-refractivity contribution in [3.05, 3.63) is 48.5 Å². The summed E-state index contributed by atoms with van der Waals surface area (Å²) in [5.41, 5.74) is 2.34. The lowest BCUT2D eigenvalue weighted by Crippen LogP contribution is -2.14. The molecule has 0 aromatic heterocycles. The standard InChI is InChI=1S/C38H64N2O/c1-5-7-9-11-13-15-17-19-21-23-33(3)39-35-25-29-37(30-26-35)41-38-31-27-36(28-32-38)40-34(4)24-22-20-18-16-14-12-10-8-6-2/h25-34,39-40H,5-24H2,1-4H3. The van der Waals surface area contributed by atoms with E-state index in [9.17, 15) is 0 Å². The van der Waals surface area contributed by atoms with Crippen molar-refractivity contribution in [2.24, 2.45) is 0 Å². The molecule has 0 saturated heterocycles. The summed E-state index contributed by atoms with van der Waals surface area (Å²) in [6.45, 7) is 9.16. The molecule has 0 heterocycles. The van der Waals surface area contributed by atoms with Crippen LogP contribution in [0.15, 0.2) is 48.5 Å². The lowest BCUT2D eigenvalue weighted by Gasteiger charge is -2.16. The zero-order valence-corrected chi connectivity index (χ0v) is 27.3. The van der Waals surface area contributed by atoms with Crippen molar-refractivity contribution in [3.8, 4) is 11.5 Å². The highest BCUT2D eigenvalue weighted by atomic mass is 16.5. The number of unbranched alkanes of at least 4 members (excludes halogenated alkanes) is 16. The van der Waals surface area contributed by atoms with Crippen LogP contribution in [0.5, 0.6) is 11.5 Å². The Morgan fingerprint density at radius 1 is 0.439 bits per heavy atom. The van der Waals surface area contributed by atoms with E-state index in [4.69, 9.17) is 4.74 Å². The molecule has 2 aromatic rings. The fourth-order valence-corrected chi connectivity index (χ4v) is 5.61. The van der Waals surface area contributed by atoms with E-state index in [1.54, 1.807) is 0 Å². The van der Waals surface area contributed by atoms with Gasteiger partial charge in [0.25, 0.3) is 0 Å². The van der Waals surface area contributed by atoms with Crippen LogP contribution < -0.4 is 15.4 Å². The third-order valence-corrected chi connectivity index (χ3v) is 8.25. The van der Waals surface area contributed by atoms with E-state index >= 15 is 0 Å². The summed E-state index contributed by atoms with van der Waals surface area (Å²) in [5.74, 6) is 1.75. The van der Waals surface area contributed by atoms with Gasteiger partial charge in [-0.1, -0.05) is 129 Å². The van der Waals surface area contributed by atoms with Crippen LogP contribution >= 0.6 is 0 Å². The molecule has 3 heteroatoms. The Balaban J connectivity index is 1.57. The van der Waals surface area contributed by atoms with Crippen molar-refractivity contribution in [2.45, 2.75) is 168 Å². The van der Waals surface area contributed by atoms with Gasteiger partial charge in [0, 0.05) is 23.5 Å². The highest BCUT2D eigenvalue weighted by Gasteiger charge is 2.05. The third-order valence-electron chi connectivity index (χ3n) is 8.25. The maximum Gasteiger partial charge on any atom is 0.127 e. The number of hydrogen-bond acceptors (Lipinski definition) is 3. The minimum Gasteiger partial charge on any atom is -0.457 e. The molecule has 2 atom stereocenters. The zero-order valence-electron chi connectivity index (χ0n) is 27.3. The number of nitrogens with one attached hydrogen (secondary N) is 2. The van der Waals surface area contributed by atoms with E-state index in [0.717, 1.165) is 11.5 Å². The maximum absolute atomic E-state index is 6.11. The van der Waals surface area contributed by atoms with Crippen molar-refractivity contribution in [1.29, 1.82) is 0 Å². The number of hydrogen-bond donors (Lipinski definition) is 2. The van der Waals surface area contributed by atoms with Gasteiger partial charge in [-0.3, -0.25) is 0 Å². The Labute approximate surface area is 254 Å². The predicted octanol–water partition coefficient (Wildman–Crippen LogP) is 12.9. The third kappa shape index (κ3) is 18.1. The topological polar surface area (TPSA) is 33.3 Å². The van der Waals surface area contributed by atoms with Crippen LogP contribution in [0.25, 0.3) is 0 Å². The largest absolute Gasteiger partial charge is 0.457 e. The summed E-state index contributed by atoms with van der Waals surface area (Å²) in [7, 11) is 0. The van der Waals surface area contributed by atoms with Gasteiger partial charge in [-0.05, 0) is 75.2 Å². The SMILES string of the molecule is CCCCCCCCCCCC(C)Nc1ccc(Oc2ccc(NC(C)CCCCCCCCCCC)cc2)cc1. The molecule has 0 bridgehead atoms. The summed E-state index contributed by atoms with van der Waals surface area (Å²) in [5, 5.41) is 7.31. The molecule has 232 valence electrons. The molecule has 0 saturated carbocycles. The van der Waals surface area contributed by atoms with Gasteiger partial charge in [-0.25, -0.2) is 0 Å². The quantitative estimate of drug-likeness (QED) is 0.111. The fraction of sp³-hybridized carbons (Fsp3) is 0.684. The second-order valence-electron chi connectivity index (χ2n) is 12.5. The number of rotatable bonds is 26. The van der Waals surface area contributed by atoms with Gasteiger partial charge in [0.05, 0.1) is 0 Å². The van der Waals surface area contributed by atoms with Crippen LogP contribution in [0.3, 0.4) is 0 Å². The van der Waals surface area contributed by atoms with Crippen molar-refractivity contribution >= 4 is 11.4 Å². The monoisotopic (exact) mass is 565 g/mol. The first-order valence-corrected chi connectivity index (χ1v) is 17.5. The highest BCUT2D eigenvalue weighted by molar-refractivity contribution is 5.50. The minimum absolute atomic E-state index is 0.495. The van der Waals surface area contributed by atoms with Gasteiger partial charge < -0.3 is 15.4 Å². The molecule has 0 aliphatic carbocycles. The van der Waals surface area contributed by atoms with Crippen LogP contribution in [0.2, 0.25) is 0 Å². The molecule has 0 spiro atoms. The van der Waals surface area contributed by atoms with E-state index in [1.165, 1.54) is 140 Å². The molecule has 41 heavy (non-hydrogen) atoms. The molecule has 3 nitrogen and oxygen atoms in total. The first-order chi connectivity index (χ1) is 20.1. The first-order valence-electron chi connectivity index (χ1n) is 17.5. The van der Waals surface area contributed by atoms with Gasteiger partial charge in [0.15, 0.2) is 0 Å². The molecule has 2 aromatic carbocycles. The average Bonchev–Trinajstić information content (AvgIpc) is 2.97. The number of benzene rings is 2. The van der Waals surface area contributed by atoms with Gasteiger partial charge >= 0.3 is 0 Å². The van der Waals surface area contributed by atoms with E-state index in [-0.39, 0.29) is 0 Å². The number of anilines is 2. The van der Waals surface area contributed by atoms with Crippen molar-refractivity contribution < 1.29 is 4.74 Å². The summed E-state index contributed by atoms with van der Waals surface area (Å²) in [6.07, 6.45) is 27.4. The van der Waals surface area contributed by atoms with Crippen LogP contribution in [-0.4, -0.2) is 12.1 Å². The second-order valence-corrected chi connectivity index (χ2v) is 12.5. The van der Waals surface area contributed by atoms with Gasteiger partial charge in [-0.15, -0.1) is 0 Å². The summed E-state index contributed by atoms with van der Waals surface area (Å²) in [4.78, 5) is 0. The summed E-state index contributed by atoms with van der Waals surface area (Å²) >= 11 is 0. The molecule has 2 rings (SSSR count). The zero-order chi connectivity index (χ0) is 29.4. The molecule has 0 radical (unpaired) electrons. The normalized spacial score (nSPS) is 12.7. The lowest BCUT2D eigenvalue weighted by atomic mass is 10.0. The van der Waals surface area contributed by atoms with Crippen molar-refractivity contribution in [2.75, 3.05) is 10.6 Å². The first kappa shape index (κ1) is 35.0. The van der Waals surface area contributed by atoms with E-state index in [1.807, 2.05) is 0 Å². The summed E-state index contributed by atoms with van der Waals surface area (Å²) < 4.78 is 6.11. The van der Waals surface area contributed by atoms with Gasteiger partial charge in [0.1, 0.15) is 11.5 Å². The Morgan fingerprint density at radius 3 is 1.05 bits per heavy atom. The van der Waals surface area contributed by atoms with Gasteiger partial charge in [-0.2, -0.15) is 0 Å². The highest BCUT2D eigenvalue weighted by Crippen LogP contribution is 2.25. The molecule has 2 N–H and O–H groups in total. The van der Waals surface area contributed by atoms with Crippen LogP contribution in [-0.2, 0) is 0 Å². The lowest BCUT2D eigenvalue weighted by molar-refractivity contribution is 0.482. The summed E-state index contributed by atoms with van der Waals surface area (Å²) in [6, 6.07) is 17.8. The Morgan fingerprint density at radius 2 is 0.732 bits per heavy atom. The van der Waals surface area contributed by atoms with E-state index in [2.05, 4.69) is 86.9 Å². The predicted molar refractivity (Wildman–Crippen MR) is 183 cm³/mol. The molecule has 2 unspecified atom stereocenters. The molecule has 0 amide bonds. The average molecular weight is 565 g/mol. The molecule has 0 aliphatic rings. The molecular formula is C38H64N2O. The maximum atomic E-state index is 6.11. The van der Waals surface area contributed by atoms with E-state index in [0.29, 0.717) is 12.1 Å². The van der Waals surface area contributed by atoms with Gasteiger partial charge in [0.2, 0.25) is 0 Å². The fourth-order valence-electron chi connectivity index (χ4n) is 5.61. The van der Waals surface area contributed by atoms with Crippen molar-refractivity contribution in [1.82, 2.24) is 0 Å². The molecule has 0 fully saturated rings. The number of ether oxygens (including phenoxy) is 1. The smallest absolute Gasteiger partial charge is 0.127 e. The Bertz CT molecular complexity index is 776. The van der Waals surface area contributed by atoms with Crippen molar-refractivity contribution in [3.63, 3.8) is 0 Å². The van der Waals surface area contributed by atoms with Crippen LogP contribution in [0.4, 0.5) is 11.4 Å². The second kappa shape index (κ2) is 23.4. The Hall–Kier alpha value is -2.16. The van der Waals surface area contributed by atoms with Crippen LogP contribution in [0.1, 0.15) is 156 Å². The Kier molecular flexibility index (Phi) is 20.0. The van der Waals surface area contributed by atoms with Crippen LogP contribution in [0, 0.1) is 0 Å². The molecule has 0 aliphatic heterocycles.